The van der Waals surface area contributed by atoms with Crippen LogP contribution in [-0.4, -0.2) is 57.9 Å². The highest BCUT2D eigenvalue weighted by molar-refractivity contribution is 7.89. The van der Waals surface area contributed by atoms with Crippen molar-refractivity contribution in [2.75, 3.05) is 39.0 Å². The van der Waals surface area contributed by atoms with Crippen molar-refractivity contribution in [2.45, 2.75) is 38.7 Å². The lowest BCUT2D eigenvalue weighted by atomic mass is 10.1. The van der Waals surface area contributed by atoms with Gasteiger partial charge in [-0.3, -0.25) is 0 Å². The number of hydrogen-bond acceptors (Lipinski definition) is 4. The predicted octanol–water partition coefficient (Wildman–Crippen LogP) is 0.817. The Morgan fingerprint density at radius 1 is 1.39 bits per heavy atom. The van der Waals surface area contributed by atoms with Crippen LogP contribution in [0.15, 0.2) is 0 Å². The summed E-state index contributed by atoms with van der Waals surface area (Å²) in [6, 6.07) is 0. The highest BCUT2D eigenvalue weighted by Crippen LogP contribution is 2.16. The quantitative estimate of drug-likeness (QED) is 0.668. The van der Waals surface area contributed by atoms with Crippen LogP contribution in [0.2, 0.25) is 0 Å². The van der Waals surface area contributed by atoms with Gasteiger partial charge in [0.15, 0.2) is 0 Å². The zero-order chi connectivity index (χ0) is 13.4. The van der Waals surface area contributed by atoms with Gasteiger partial charge in [0.2, 0.25) is 10.0 Å². The van der Waals surface area contributed by atoms with E-state index in [1.807, 2.05) is 0 Å². The van der Waals surface area contributed by atoms with Crippen molar-refractivity contribution in [2.24, 2.45) is 0 Å². The summed E-state index contributed by atoms with van der Waals surface area (Å²) in [5, 5.41) is 3.22. The summed E-state index contributed by atoms with van der Waals surface area (Å²) >= 11 is 0. The molecule has 1 aliphatic rings. The maximum atomic E-state index is 12.1. The van der Waals surface area contributed by atoms with Crippen LogP contribution in [0.25, 0.3) is 0 Å². The van der Waals surface area contributed by atoms with Crippen molar-refractivity contribution >= 4 is 10.0 Å². The lowest BCUT2D eigenvalue weighted by Crippen LogP contribution is -2.44. The Labute approximate surface area is 111 Å². The van der Waals surface area contributed by atoms with Crippen molar-refractivity contribution in [1.82, 2.24) is 9.62 Å². The first-order chi connectivity index (χ1) is 8.60. The van der Waals surface area contributed by atoms with Crippen molar-refractivity contribution in [3.8, 4) is 0 Å². The average molecular weight is 278 g/mol. The van der Waals surface area contributed by atoms with E-state index in [9.17, 15) is 8.42 Å². The molecule has 0 bridgehead atoms. The first kappa shape index (κ1) is 15.9. The summed E-state index contributed by atoms with van der Waals surface area (Å²) in [5.41, 5.74) is 0. The highest BCUT2D eigenvalue weighted by atomic mass is 32.2. The molecule has 1 aliphatic heterocycles. The van der Waals surface area contributed by atoms with Crippen molar-refractivity contribution in [1.29, 1.82) is 0 Å². The molecule has 108 valence electrons. The molecule has 1 atom stereocenters. The molecule has 0 spiro atoms. The van der Waals surface area contributed by atoms with Crippen molar-refractivity contribution in [3.63, 3.8) is 0 Å². The van der Waals surface area contributed by atoms with E-state index in [2.05, 4.69) is 12.2 Å². The largest absolute Gasteiger partial charge is 0.380 e. The fourth-order valence-corrected chi connectivity index (χ4v) is 3.73. The van der Waals surface area contributed by atoms with E-state index < -0.39 is 10.0 Å². The average Bonchev–Trinajstić information content (AvgIpc) is 2.38. The minimum absolute atomic E-state index is 0.0618. The molecule has 1 rings (SSSR count). The lowest BCUT2D eigenvalue weighted by molar-refractivity contribution is 0.0572. The molecule has 5 nitrogen and oxygen atoms in total. The second-order valence-electron chi connectivity index (χ2n) is 4.78. The molecular formula is C12H26N2O3S. The van der Waals surface area contributed by atoms with Crippen molar-refractivity contribution < 1.29 is 13.2 Å². The second kappa shape index (κ2) is 8.09. The third-order valence-corrected chi connectivity index (χ3v) is 5.17. The molecule has 0 radical (unpaired) electrons. The van der Waals surface area contributed by atoms with Gasteiger partial charge in [-0.15, -0.1) is 0 Å². The Morgan fingerprint density at radius 2 is 2.17 bits per heavy atom. The van der Waals surface area contributed by atoms with Crippen molar-refractivity contribution in [3.05, 3.63) is 0 Å². The number of hydrogen-bond donors (Lipinski definition) is 1. The highest BCUT2D eigenvalue weighted by Gasteiger charge is 2.28. The molecule has 0 aromatic rings. The van der Waals surface area contributed by atoms with Crippen LogP contribution in [0.5, 0.6) is 0 Å². The lowest BCUT2D eigenvalue weighted by Gasteiger charge is -2.31. The summed E-state index contributed by atoms with van der Waals surface area (Å²) in [6.07, 6.45) is 3.67. The van der Waals surface area contributed by atoms with Crippen LogP contribution in [-0.2, 0) is 14.8 Å². The summed E-state index contributed by atoms with van der Waals surface area (Å²) in [5.74, 6) is 0.236. The van der Waals surface area contributed by atoms with Gasteiger partial charge in [-0.25, -0.2) is 8.42 Å². The fourth-order valence-electron chi connectivity index (χ4n) is 2.16. The number of rotatable bonds is 8. The molecule has 0 aliphatic carbocycles. The molecule has 0 aromatic carbocycles. The van der Waals surface area contributed by atoms with Crippen LogP contribution >= 0.6 is 0 Å². The van der Waals surface area contributed by atoms with E-state index in [4.69, 9.17) is 4.74 Å². The zero-order valence-corrected chi connectivity index (χ0v) is 12.3. The monoisotopic (exact) mass is 278 g/mol. The maximum absolute atomic E-state index is 12.1. The van der Waals surface area contributed by atoms with E-state index >= 15 is 0 Å². The topological polar surface area (TPSA) is 58.6 Å². The molecule has 0 saturated carbocycles. The van der Waals surface area contributed by atoms with Crippen LogP contribution in [0.3, 0.4) is 0 Å². The van der Waals surface area contributed by atoms with E-state index in [-0.39, 0.29) is 11.9 Å². The van der Waals surface area contributed by atoms with Gasteiger partial charge >= 0.3 is 0 Å². The van der Waals surface area contributed by atoms with Gasteiger partial charge in [-0.2, -0.15) is 4.31 Å². The molecule has 6 heteroatoms. The third-order valence-electron chi connectivity index (χ3n) is 3.25. The van der Waals surface area contributed by atoms with Gasteiger partial charge in [-0.1, -0.05) is 6.92 Å². The molecule has 1 unspecified atom stereocenters. The van der Waals surface area contributed by atoms with Gasteiger partial charge in [0.25, 0.3) is 0 Å². The minimum atomic E-state index is -3.10. The number of piperidine rings is 1. The number of methoxy groups -OCH3 is 1. The van der Waals surface area contributed by atoms with Gasteiger partial charge in [-0.05, 0) is 38.8 Å². The number of sulfonamides is 1. The first-order valence-electron chi connectivity index (χ1n) is 6.81. The van der Waals surface area contributed by atoms with Gasteiger partial charge in [0, 0.05) is 20.2 Å². The number of nitrogens with zero attached hydrogens (tertiary/aromatic N) is 1. The fraction of sp³-hybridized carbons (Fsp3) is 1.00. The van der Waals surface area contributed by atoms with Gasteiger partial charge < -0.3 is 10.1 Å². The Balaban J connectivity index is 2.33. The Hall–Kier alpha value is -0.170. The van der Waals surface area contributed by atoms with E-state index in [0.29, 0.717) is 19.5 Å². The third kappa shape index (κ3) is 5.22. The maximum Gasteiger partial charge on any atom is 0.214 e. The van der Waals surface area contributed by atoms with Crippen LogP contribution in [0, 0.1) is 0 Å². The summed E-state index contributed by atoms with van der Waals surface area (Å²) in [6.45, 7) is 4.98. The van der Waals surface area contributed by atoms with Crippen LogP contribution in [0.4, 0.5) is 0 Å². The summed E-state index contributed by atoms with van der Waals surface area (Å²) < 4.78 is 31.1. The molecule has 0 aromatic heterocycles. The van der Waals surface area contributed by atoms with Gasteiger partial charge in [0.1, 0.15) is 0 Å². The zero-order valence-electron chi connectivity index (χ0n) is 11.5. The molecule has 1 heterocycles. The molecule has 1 fully saturated rings. The predicted molar refractivity (Wildman–Crippen MR) is 73.2 cm³/mol. The Bertz CT molecular complexity index is 319. The summed E-state index contributed by atoms with van der Waals surface area (Å²) in [7, 11) is -1.45. The SMILES string of the molecule is CCCNCCCS(=O)(=O)N1CCCC(OC)C1. The first-order valence-corrected chi connectivity index (χ1v) is 8.42. The molecule has 18 heavy (non-hydrogen) atoms. The molecule has 1 N–H and O–H groups in total. The minimum Gasteiger partial charge on any atom is -0.380 e. The standard InChI is InChI=1S/C12H26N2O3S/c1-3-7-13-8-5-10-18(15,16)14-9-4-6-12(11-14)17-2/h12-13H,3-11H2,1-2H3. The Morgan fingerprint density at radius 3 is 2.83 bits per heavy atom. The van der Waals surface area contributed by atoms with Gasteiger partial charge in [0.05, 0.1) is 11.9 Å². The van der Waals surface area contributed by atoms with E-state index in [1.54, 1.807) is 11.4 Å². The van der Waals surface area contributed by atoms with Crippen LogP contribution < -0.4 is 5.32 Å². The second-order valence-corrected chi connectivity index (χ2v) is 6.87. The Kier molecular flexibility index (Phi) is 7.14. The summed E-state index contributed by atoms with van der Waals surface area (Å²) in [4.78, 5) is 0. The number of nitrogens with one attached hydrogen (secondary N) is 1. The smallest absolute Gasteiger partial charge is 0.214 e. The molecule has 0 amide bonds. The molecular weight excluding hydrogens is 252 g/mol. The number of ether oxygens (including phenoxy) is 1. The molecule has 1 saturated heterocycles. The van der Waals surface area contributed by atoms with Crippen LogP contribution in [0.1, 0.15) is 32.6 Å². The normalized spacial score (nSPS) is 22.2. The van der Waals surface area contributed by atoms with E-state index in [1.165, 1.54) is 0 Å². The van der Waals surface area contributed by atoms with E-state index in [0.717, 1.165) is 32.4 Å².